The average Bonchev–Trinajstić information content (AvgIpc) is 2.81. The lowest BCUT2D eigenvalue weighted by atomic mass is 10.2. The molecular formula is C15H14N4O2. The standard InChI is InChI=1S/C15H14N4O2/c1-19-11-7-4-3-6-10(11)13(21-2)12(19)14(20)18-15-16-8-5-9-17-15/h3-9H,1-2H3,(H,16,17,18,20). The van der Waals surface area contributed by atoms with Crippen molar-refractivity contribution in [3.05, 3.63) is 48.4 Å². The number of rotatable bonds is 3. The zero-order valence-electron chi connectivity index (χ0n) is 11.7. The molecule has 0 saturated heterocycles. The number of fused-ring (bicyclic) bond motifs is 1. The minimum absolute atomic E-state index is 0.259. The number of carbonyl (C=O) groups is 1. The number of amides is 1. The lowest BCUT2D eigenvalue weighted by Gasteiger charge is -2.07. The smallest absolute Gasteiger partial charge is 0.278 e. The van der Waals surface area contributed by atoms with E-state index in [1.165, 1.54) is 0 Å². The summed E-state index contributed by atoms with van der Waals surface area (Å²) in [6, 6.07) is 9.38. The molecule has 0 aliphatic rings. The first-order chi connectivity index (χ1) is 10.2. The van der Waals surface area contributed by atoms with Crippen LogP contribution in [0.1, 0.15) is 10.5 Å². The molecule has 2 aromatic heterocycles. The number of hydrogen-bond acceptors (Lipinski definition) is 4. The van der Waals surface area contributed by atoms with E-state index in [-0.39, 0.29) is 11.9 Å². The molecule has 6 heteroatoms. The van der Waals surface area contributed by atoms with Crippen LogP contribution in [0.3, 0.4) is 0 Å². The fourth-order valence-electron chi connectivity index (χ4n) is 2.34. The molecule has 1 aromatic carbocycles. The molecule has 0 radical (unpaired) electrons. The van der Waals surface area contributed by atoms with Gasteiger partial charge in [0.05, 0.1) is 12.6 Å². The molecular weight excluding hydrogens is 268 g/mol. The van der Waals surface area contributed by atoms with Crippen molar-refractivity contribution in [2.24, 2.45) is 7.05 Å². The number of aromatic nitrogens is 3. The summed E-state index contributed by atoms with van der Waals surface area (Å²) in [6.07, 6.45) is 3.14. The molecule has 3 rings (SSSR count). The third kappa shape index (κ3) is 2.20. The highest BCUT2D eigenvalue weighted by molar-refractivity contribution is 6.09. The van der Waals surface area contributed by atoms with Gasteiger partial charge in [0.2, 0.25) is 5.95 Å². The van der Waals surface area contributed by atoms with Gasteiger partial charge in [0, 0.05) is 24.8 Å². The minimum Gasteiger partial charge on any atom is -0.494 e. The quantitative estimate of drug-likeness (QED) is 0.799. The molecule has 1 amide bonds. The summed E-state index contributed by atoms with van der Waals surface area (Å²) in [4.78, 5) is 20.5. The molecule has 2 heterocycles. The molecule has 6 nitrogen and oxygen atoms in total. The van der Waals surface area contributed by atoms with Gasteiger partial charge in [0.15, 0.2) is 11.4 Å². The summed E-state index contributed by atoms with van der Waals surface area (Å²) in [5, 5.41) is 3.56. The summed E-state index contributed by atoms with van der Waals surface area (Å²) in [7, 11) is 3.38. The van der Waals surface area contributed by atoms with Gasteiger partial charge in [-0.15, -0.1) is 0 Å². The number of nitrogens with one attached hydrogen (secondary N) is 1. The van der Waals surface area contributed by atoms with E-state index in [0.717, 1.165) is 10.9 Å². The lowest BCUT2D eigenvalue weighted by Crippen LogP contribution is -2.18. The molecule has 0 saturated carbocycles. The molecule has 106 valence electrons. The van der Waals surface area contributed by atoms with E-state index in [4.69, 9.17) is 4.74 Å². The van der Waals surface area contributed by atoms with Crippen LogP contribution in [0.25, 0.3) is 10.9 Å². The summed E-state index contributed by atoms with van der Waals surface area (Å²) >= 11 is 0. The van der Waals surface area contributed by atoms with E-state index in [2.05, 4.69) is 15.3 Å². The molecule has 0 spiro atoms. The van der Waals surface area contributed by atoms with E-state index < -0.39 is 0 Å². The van der Waals surface area contributed by atoms with E-state index in [0.29, 0.717) is 11.4 Å². The average molecular weight is 282 g/mol. The van der Waals surface area contributed by atoms with Crippen LogP contribution in [0.15, 0.2) is 42.7 Å². The van der Waals surface area contributed by atoms with Gasteiger partial charge in [0.25, 0.3) is 5.91 Å². The zero-order valence-corrected chi connectivity index (χ0v) is 11.7. The van der Waals surface area contributed by atoms with Crippen LogP contribution < -0.4 is 10.1 Å². The summed E-state index contributed by atoms with van der Waals surface area (Å²) < 4.78 is 7.21. The second-order valence-corrected chi connectivity index (χ2v) is 4.48. The van der Waals surface area contributed by atoms with Gasteiger partial charge in [-0.2, -0.15) is 0 Å². The summed E-state index contributed by atoms with van der Waals surface area (Å²) in [6.45, 7) is 0. The summed E-state index contributed by atoms with van der Waals surface area (Å²) in [5.41, 5.74) is 1.36. The van der Waals surface area contributed by atoms with E-state index in [9.17, 15) is 4.79 Å². The van der Waals surface area contributed by atoms with Crippen molar-refractivity contribution in [2.75, 3.05) is 12.4 Å². The predicted molar refractivity (Wildman–Crippen MR) is 79.5 cm³/mol. The molecule has 0 fully saturated rings. The molecule has 0 unspecified atom stereocenters. The molecule has 1 N–H and O–H groups in total. The first-order valence-electron chi connectivity index (χ1n) is 6.42. The van der Waals surface area contributed by atoms with Crippen molar-refractivity contribution in [3.63, 3.8) is 0 Å². The second kappa shape index (κ2) is 5.24. The zero-order chi connectivity index (χ0) is 14.8. The number of nitrogens with zero attached hydrogens (tertiary/aromatic N) is 3. The Hall–Kier alpha value is -2.89. The van der Waals surface area contributed by atoms with Crippen molar-refractivity contribution in [1.82, 2.24) is 14.5 Å². The Bertz CT molecular complexity index is 796. The fourth-order valence-corrected chi connectivity index (χ4v) is 2.34. The van der Waals surface area contributed by atoms with Gasteiger partial charge in [0.1, 0.15) is 0 Å². The van der Waals surface area contributed by atoms with Crippen LogP contribution in [0.2, 0.25) is 0 Å². The largest absolute Gasteiger partial charge is 0.494 e. The summed E-state index contributed by atoms with van der Waals surface area (Å²) in [5.74, 6) is 0.494. The van der Waals surface area contributed by atoms with Crippen LogP contribution in [0, 0.1) is 0 Å². The number of benzene rings is 1. The van der Waals surface area contributed by atoms with Gasteiger partial charge >= 0.3 is 0 Å². The molecule has 0 aliphatic heterocycles. The highest BCUT2D eigenvalue weighted by Gasteiger charge is 2.22. The number of methoxy groups -OCH3 is 1. The molecule has 0 aliphatic carbocycles. The second-order valence-electron chi connectivity index (χ2n) is 4.48. The Balaban J connectivity index is 2.07. The normalized spacial score (nSPS) is 10.6. The predicted octanol–water partition coefficient (Wildman–Crippen LogP) is 2.23. The first kappa shape index (κ1) is 13.1. The maximum Gasteiger partial charge on any atom is 0.278 e. The Morgan fingerprint density at radius 2 is 1.90 bits per heavy atom. The van der Waals surface area contributed by atoms with Crippen LogP contribution in [-0.4, -0.2) is 27.6 Å². The number of carbonyl (C=O) groups excluding carboxylic acids is 1. The van der Waals surface area contributed by atoms with Crippen LogP contribution in [0.5, 0.6) is 5.75 Å². The third-order valence-electron chi connectivity index (χ3n) is 3.27. The van der Waals surface area contributed by atoms with Gasteiger partial charge in [-0.25, -0.2) is 9.97 Å². The molecule has 0 bridgehead atoms. The van der Waals surface area contributed by atoms with Gasteiger partial charge in [-0.3, -0.25) is 10.1 Å². The van der Waals surface area contributed by atoms with Crippen LogP contribution >= 0.6 is 0 Å². The third-order valence-corrected chi connectivity index (χ3v) is 3.27. The Labute approximate surface area is 121 Å². The lowest BCUT2D eigenvalue weighted by molar-refractivity contribution is 0.101. The monoisotopic (exact) mass is 282 g/mol. The number of anilines is 1. The SMILES string of the molecule is COc1c(C(=O)Nc2ncccn2)n(C)c2ccccc12. The van der Waals surface area contributed by atoms with Gasteiger partial charge in [-0.05, 0) is 18.2 Å². The maximum atomic E-state index is 12.5. The van der Waals surface area contributed by atoms with E-state index >= 15 is 0 Å². The van der Waals surface area contributed by atoms with Crippen molar-refractivity contribution >= 4 is 22.8 Å². The molecule has 0 atom stereocenters. The van der Waals surface area contributed by atoms with Crippen LogP contribution in [0.4, 0.5) is 5.95 Å². The maximum absolute atomic E-state index is 12.5. The Morgan fingerprint density at radius 1 is 1.19 bits per heavy atom. The van der Waals surface area contributed by atoms with Crippen LogP contribution in [-0.2, 0) is 7.05 Å². The Kier molecular flexibility index (Phi) is 3.27. The Morgan fingerprint density at radius 3 is 2.62 bits per heavy atom. The number of para-hydroxylation sites is 1. The van der Waals surface area contributed by atoms with Crippen molar-refractivity contribution in [2.45, 2.75) is 0 Å². The number of hydrogen-bond donors (Lipinski definition) is 1. The topological polar surface area (TPSA) is 69.0 Å². The van der Waals surface area contributed by atoms with Gasteiger partial charge in [-0.1, -0.05) is 12.1 Å². The highest BCUT2D eigenvalue weighted by atomic mass is 16.5. The van der Waals surface area contributed by atoms with Crippen molar-refractivity contribution < 1.29 is 9.53 Å². The minimum atomic E-state index is -0.309. The first-order valence-corrected chi connectivity index (χ1v) is 6.42. The fraction of sp³-hybridized carbons (Fsp3) is 0.133. The highest BCUT2D eigenvalue weighted by Crippen LogP contribution is 2.32. The number of ether oxygens (including phenoxy) is 1. The van der Waals surface area contributed by atoms with E-state index in [1.807, 2.05) is 31.3 Å². The molecule has 21 heavy (non-hydrogen) atoms. The number of aryl methyl sites for hydroxylation is 1. The van der Waals surface area contributed by atoms with E-state index in [1.54, 1.807) is 30.1 Å². The van der Waals surface area contributed by atoms with Crippen molar-refractivity contribution in [3.8, 4) is 5.75 Å². The van der Waals surface area contributed by atoms with Crippen molar-refractivity contribution in [1.29, 1.82) is 0 Å². The van der Waals surface area contributed by atoms with Gasteiger partial charge < -0.3 is 9.30 Å². The molecule has 3 aromatic rings.